The molecule has 0 radical (unpaired) electrons. The standard InChI is InChI=1S/C18H16ClN7O2S/c19-15-6-5-14(29-15)17(27)21-9-11-10-26(24-23-11)13-3-1-12(2-4-13)25-8-7-16(20)22-18(25)28/h1-5,7-8,10,15H,6,9H2,(H,21,27)(H2,20,22,28). The molecule has 4 rings (SSSR count). The summed E-state index contributed by atoms with van der Waals surface area (Å²) in [6.45, 7) is 0.258. The topological polar surface area (TPSA) is 121 Å². The molecule has 1 unspecified atom stereocenters. The van der Waals surface area contributed by atoms with Crippen molar-refractivity contribution in [1.29, 1.82) is 0 Å². The maximum atomic E-state index is 12.1. The number of allylic oxidation sites excluding steroid dienone is 1. The number of aromatic nitrogens is 5. The van der Waals surface area contributed by atoms with Gasteiger partial charge in [-0.2, -0.15) is 4.98 Å². The van der Waals surface area contributed by atoms with Crippen LogP contribution >= 0.6 is 23.4 Å². The highest BCUT2D eigenvalue weighted by molar-refractivity contribution is 8.05. The first-order valence-electron chi connectivity index (χ1n) is 8.66. The van der Waals surface area contributed by atoms with Crippen LogP contribution in [0.4, 0.5) is 5.82 Å². The SMILES string of the molecule is Nc1ccn(-c2ccc(-n3cc(CNC(=O)C4=CCC(Cl)S4)nn3)cc2)c(=O)n1. The third kappa shape index (κ3) is 4.33. The lowest BCUT2D eigenvalue weighted by atomic mass is 10.2. The number of carbonyl (C=O) groups excluding carboxylic acids is 1. The zero-order valence-electron chi connectivity index (χ0n) is 15.0. The Morgan fingerprint density at radius 3 is 2.72 bits per heavy atom. The first kappa shape index (κ1) is 19.2. The molecule has 1 aromatic carbocycles. The van der Waals surface area contributed by atoms with Gasteiger partial charge in [-0.25, -0.2) is 9.48 Å². The molecule has 0 saturated carbocycles. The number of hydrogen-bond donors (Lipinski definition) is 2. The predicted molar refractivity (Wildman–Crippen MR) is 111 cm³/mol. The van der Waals surface area contributed by atoms with Gasteiger partial charge in [-0.1, -0.05) is 11.3 Å². The fourth-order valence-corrected chi connectivity index (χ4v) is 3.94. The summed E-state index contributed by atoms with van der Waals surface area (Å²) in [5.41, 5.74) is 7.09. The molecule has 1 amide bonds. The van der Waals surface area contributed by atoms with E-state index in [0.29, 0.717) is 22.7 Å². The number of hydrogen-bond acceptors (Lipinski definition) is 7. The third-order valence-corrected chi connectivity index (χ3v) is 5.66. The molecule has 3 aromatic rings. The van der Waals surface area contributed by atoms with Gasteiger partial charge < -0.3 is 11.1 Å². The largest absolute Gasteiger partial charge is 0.383 e. The second-order valence-electron chi connectivity index (χ2n) is 6.19. The second kappa shape index (κ2) is 8.10. The van der Waals surface area contributed by atoms with Gasteiger partial charge in [0.2, 0.25) is 0 Å². The average molecular weight is 430 g/mol. The molecule has 0 fully saturated rings. The summed E-state index contributed by atoms with van der Waals surface area (Å²) in [5, 5.41) is 11.0. The molecule has 0 spiro atoms. The van der Waals surface area contributed by atoms with E-state index in [1.807, 2.05) is 6.08 Å². The summed E-state index contributed by atoms with van der Waals surface area (Å²) in [6.07, 6.45) is 5.81. The Labute approximate surface area is 174 Å². The Balaban J connectivity index is 1.43. The van der Waals surface area contributed by atoms with E-state index in [-0.39, 0.29) is 23.0 Å². The fourth-order valence-electron chi connectivity index (χ4n) is 2.72. The van der Waals surface area contributed by atoms with Crippen molar-refractivity contribution in [2.24, 2.45) is 0 Å². The molecule has 148 valence electrons. The number of benzene rings is 1. The summed E-state index contributed by atoms with van der Waals surface area (Å²) in [4.78, 5) is 28.4. The Morgan fingerprint density at radius 2 is 2.03 bits per heavy atom. The first-order valence-corrected chi connectivity index (χ1v) is 9.97. The average Bonchev–Trinajstić information content (AvgIpc) is 3.36. The minimum atomic E-state index is -0.451. The zero-order chi connectivity index (χ0) is 20.4. The Kier molecular flexibility index (Phi) is 5.36. The van der Waals surface area contributed by atoms with Crippen LogP contribution < -0.4 is 16.7 Å². The van der Waals surface area contributed by atoms with Gasteiger partial charge in [0.1, 0.15) is 11.5 Å². The first-order chi connectivity index (χ1) is 14.0. The van der Waals surface area contributed by atoms with Gasteiger partial charge in [-0.3, -0.25) is 9.36 Å². The van der Waals surface area contributed by atoms with E-state index in [1.165, 1.54) is 16.3 Å². The van der Waals surface area contributed by atoms with Gasteiger partial charge in [0.15, 0.2) is 0 Å². The van der Waals surface area contributed by atoms with Crippen LogP contribution in [0, 0.1) is 0 Å². The van der Waals surface area contributed by atoms with Crippen LogP contribution in [-0.2, 0) is 11.3 Å². The fraction of sp³-hybridized carbons (Fsp3) is 0.167. The quantitative estimate of drug-likeness (QED) is 0.591. The van der Waals surface area contributed by atoms with E-state index in [4.69, 9.17) is 17.3 Å². The molecular formula is C18H16ClN7O2S. The van der Waals surface area contributed by atoms with Crippen LogP contribution in [0.1, 0.15) is 12.1 Å². The number of nitrogens with zero attached hydrogens (tertiary/aromatic N) is 5. The van der Waals surface area contributed by atoms with Crippen molar-refractivity contribution in [3.8, 4) is 11.4 Å². The molecule has 2 aromatic heterocycles. The van der Waals surface area contributed by atoms with E-state index in [0.717, 1.165) is 5.69 Å². The zero-order valence-corrected chi connectivity index (χ0v) is 16.6. The number of thioether (sulfide) groups is 1. The Hall–Kier alpha value is -3.11. The summed E-state index contributed by atoms with van der Waals surface area (Å²) >= 11 is 7.33. The van der Waals surface area contributed by atoms with Crippen LogP contribution in [0.15, 0.2) is 58.5 Å². The molecule has 11 heteroatoms. The monoisotopic (exact) mass is 429 g/mol. The molecule has 3 heterocycles. The van der Waals surface area contributed by atoms with Crippen LogP contribution in [0.2, 0.25) is 0 Å². The van der Waals surface area contributed by atoms with Crippen molar-refractivity contribution < 1.29 is 4.79 Å². The smallest absolute Gasteiger partial charge is 0.354 e. The molecule has 0 saturated heterocycles. The normalized spacial score (nSPS) is 15.9. The van der Waals surface area contributed by atoms with Crippen molar-refractivity contribution in [2.75, 3.05) is 5.73 Å². The number of anilines is 1. The van der Waals surface area contributed by atoms with Gasteiger partial charge in [0, 0.05) is 6.20 Å². The summed E-state index contributed by atoms with van der Waals surface area (Å²) < 4.78 is 2.90. The molecule has 1 atom stereocenters. The van der Waals surface area contributed by atoms with E-state index in [1.54, 1.807) is 47.4 Å². The third-order valence-electron chi connectivity index (χ3n) is 4.16. The number of nitrogen functional groups attached to an aromatic ring is 1. The van der Waals surface area contributed by atoms with Gasteiger partial charge in [0.25, 0.3) is 5.91 Å². The lowest BCUT2D eigenvalue weighted by molar-refractivity contribution is -0.117. The lowest BCUT2D eigenvalue weighted by Crippen LogP contribution is -2.23. The molecule has 0 aliphatic carbocycles. The highest BCUT2D eigenvalue weighted by Crippen LogP contribution is 2.34. The molecular weight excluding hydrogens is 414 g/mol. The number of alkyl halides is 1. The predicted octanol–water partition coefficient (Wildman–Crippen LogP) is 1.60. The minimum Gasteiger partial charge on any atom is -0.383 e. The highest BCUT2D eigenvalue weighted by atomic mass is 35.5. The summed E-state index contributed by atoms with van der Waals surface area (Å²) in [7, 11) is 0. The van der Waals surface area contributed by atoms with Crippen molar-refractivity contribution in [3.05, 3.63) is 69.9 Å². The number of amides is 1. The van der Waals surface area contributed by atoms with E-state index < -0.39 is 5.69 Å². The minimum absolute atomic E-state index is 0.0838. The molecule has 29 heavy (non-hydrogen) atoms. The second-order valence-corrected chi connectivity index (χ2v) is 8.22. The van der Waals surface area contributed by atoms with Crippen LogP contribution in [0.25, 0.3) is 11.4 Å². The Bertz CT molecular complexity index is 1140. The van der Waals surface area contributed by atoms with Crippen LogP contribution in [-0.4, -0.2) is 35.2 Å². The number of nitrogens with two attached hydrogens (primary N) is 1. The summed E-state index contributed by atoms with van der Waals surface area (Å²) in [5.74, 6) is 0.00926. The lowest BCUT2D eigenvalue weighted by Gasteiger charge is -2.06. The van der Waals surface area contributed by atoms with E-state index >= 15 is 0 Å². The number of nitrogens with one attached hydrogen (secondary N) is 1. The summed E-state index contributed by atoms with van der Waals surface area (Å²) in [6, 6.07) is 8.69. The number of halogens is 1. The molecule has 1 aliphatic rings. The van der Waals surface area contributed by atoms with Gasteiger partial charge >= 0.3 is 5.69 Å². The van der Waals surface area contributed by atoms with Crippen molar-refractivity contribution in [3.63, 3.8) is 0 Å². The van der Waals surface area contributed by atoms with Crippen molar-refractivity contribution in [2.45, 2.75) is 17.7 Å². The maximum absolute atomic E-state index is 12.1. The number of carbonyl (C=O) groups is 1. The van der Waals surface area contributed by atoms with Crippen molar-refractivity contribution in [1.82, 2.24) is 29.9 Å². The molecule has 3 N–H and O–H groups in total. The van der Waals surface area contributed by atoms with Crippen LogP contribution in [0.3, 0.4) is 0 Å². The van der Waals surface area contributed by atoms with Crippen LogP contribution in [0.5, 0.6) is 0 Å². The highest BCUT2D eigenvalue weighted by Gasteiger charge is 2.20. The molecule has 9 nitrogen and oxygen atoms in total. The Morgan fingerprint density at radius 1 is 1.28 bits per heavy atom. The van der Waals surface area contributed by atoms with Crippen molar-refractivity contribution >= 4 is 35.1 Å². The van der Waals surface area contributed by atoms with E-state index in [2.05, 4.69) is 20.6 Å². The van der Waals surface area contributed by atoms with Gasteiger partial charge in [-0.15, -0.1) is 28.5 Å². The van der Waals surface area contributed by atoms with E-state index in [9.17, 15) is 9.59 Å². The molecule has 1 aliphatic heterocycles. The number of rotatable bonds is 5. The van der Waals surface area contributed by atoms with Gasteiger partial charge in [-0.05, 0) is 36.8 Å². The maximum Gasteiger partial charge on any atom is 0.354 e. The molecule has 0 bridgehead atoms. The van der Waals surface area contributed by atoms with Gasteiger partial charge in [0.05, 0.1) is 33.7 Å².